The summed E-state index contributed by atoms with van der Waals surface area (Å²) in [7, 11) is 0. The van der Waals surface area contributed by atoms with E-state index in [2.05, 4.69) is 13.0 Å². The SMILES string of the molecule is CCCC(CN)C(O)c1cc2c(s1)CCC2. The zero-order valence-electron chi connectivity index (χ0n) is 9.91. The fraction of sp³-hybridized carbons (Fsp3) is 0.692. The average molecular weight is 239 g/mol. The molecule has 1 aromatic rings. The molecule has 0 amide bonds. The highest BCUT2D eigenvalue weighted by molar-refractivity contribution is 7.12. The van der Waals surface area contributed by atoms with Gasteiger partial charge in [-0.1, -0.05) is 13.3 Å². The Morgan fingerprint density at radius 2 is 2.31 bits per heavy atom. The number of hydrogen-bond donors (Lipinski definition) is 2. The van der Waals surface area contributed by atoms with Crippen LogP contribution in [0.15, 0.2) is 6.07 Å². The van der Waals surface area contributed by atoms with Gasteiger partial charge in [-0.3, -0.25) is 0 Å². The Kier molecular flexibility index (Phi) is 4.00. The van der Waals surface area contributed by atoms with Crippen molar-refractivity contribution in [3.8, 4) is 0 Å². The Labute approximate surface area is 101 Å². The first kappa shape index (κ1) is 12.1. The summed E-state index contributed by atoms with van der Waals surface area (Å²) in [5.74, 6) is 0.226. The third-order valence-electron chi connectivity index (χ3n) is 3.47. The van der Waals surface area contributed by atoms with E-state index in [4.69, 9.17) is 5.73 Å². The summed E-state index contributed by atoms with van der Waals surface area (Å²) < 4.78 is 0. The largest absolute Gasteiger partial charge is 0.387 e. The number of aryl methyl sites for hydroxylation is 2. The number of nitrogens with two attached hydrogens (primary N) is 1. The Morgan fingerprint density at radius 3 is 2.94 bits per heavy atom. The molecule has 1 aromatic heterocycles. The van der Waals surface area contributed by atoms with Crippen LogP contribution in [0.2, 0.25) is 0 Å². The van der Waals surface area contributed by atoms with Crippen LogP contribution < -0.4 is 5.73 Å². The topological polar surface area (TPSA) is 46.2 Å². The molecule has 1 aliphatic rings. The van der Waals surface area contributed by atoms with Crippen LogP contribution in [-0.2, 0) is 12.8 Å². The smallest absolute Gasteiger partial charge is 0.0922 e. The van der Waals surface area contributed by atoms with Gasteiger partial charge in [0.2, 0.25) is 0 Å². The zero-order chi connectivity index (χ0) is 11.5. The van der Waals surface area contributed by atoms with Gasteiger partial charge in [-0.25, -0.2) is 0 Å². The van der Waals surface area contributed by atoms with Crippen molar-refractivity contribution in [2.24, 2.45) is 11.7 Å². The highest BCUT2D eigenvalue weighted by Crippen LogP contribution is 2.36. The normalized spacial score (nSPS) is 18.4. The van der Waals surface area contributed by atoms with E-state index in [9.17, 15) is 5.11 Å². The zero-order valence-corrected chi connectivity index (χ0v) is 10.7. The molecule has 0 saturated carbocycles. The molecule has 3 N–H and O–H groups in total. The lowest BCUT2D eigenvalue weighted by Crippen LogP contribution is -2.21. The van der Waals surface area contributed by atoms with Gasteiger partial charge in [0.25, 0.3) is 0 Å². The van der Waals surface area contributed by atoms with E-state index in [1.807, 2.05) is 0 Å². The predicted molar refractivity (Wildman–Crippen MR) is 68.8 cm³/mol. The second-order valence-electron chi connectivity index (χ2n) is 4.68. The lowest BCUT2D eigenvalue weighted by atomic mass is 9.96. The summed E-state index contributed by atoms with van der Waals surface area (Å²) in [4.78, 5) is 2.62. The van der Waals surface area contributed by atoms with Crippen molar-refractivity contribution >= 4 is 11.3 Å². The van der Waals surface area contributed by atoms with Gasteiger partial charge in [0, 0.05) is 15.7 Å². The van der Waals surface area contributed by atoms with E-state index in [0.29, 0.717) is 6.54 Å². The van der Waals surface area contributed by atoms with Gasteiger partial charge in [0.05, 0.1) is 6.10 Å². The standard InChI is InChI=1S/C13H21NOS/c1-2-4-10(8-14)13(15)12-7-9-5-3-6-11(9)16-12/h7,10,13,15H,2-6,8,14H2,1H3. The summed E-state index contributed by atoms with van der Waals surface area (Å²) in [6.45, 7) is 2.72. The third-order valence-corrected chi connectivity index (χ3v) is 4.77. The second kappa shape index (κ2) is 5.30. The summed E-state index contributed by atoms with van der Waals surface area (Å²) >= 11 is 1.79. The van der Waals surface area contributed by atoms with Crippen molar-refractivity contribution in [2.45, 2.75) is 45.1 Å². The van der Waals surface area contributed by atoms with Crippen LogP contribution in [0.3, 0.4) is 0 Å². The van der Waals surface area contributed by atoms with Crippen molar-refractivity contribution < 1.29 is 5.11 Å². The molecular formula is C13H21NOS. The molecule has 16 heavy (non-hydrogen) atoms. The van der Waals surface area contributed by atoms with Crippen molar-refractivity contribution in [1.29, 1.82) is 0 Å². The summed E-state index contributed by atoms with van der Waals surface area (Å²) in [6.07, 6.45) is 5.44. The number of aliphatic hydroxyl groups excluding tert-OH is 1. The van der Waals surface area contributed by atoms with Gasteiger partial charge in [-0.05, 0) is 43.9 Å². The summed E-state index contributed by atoms with van der Waals surface area (Å²) in [5.41, 5.74) is 7.20. The number of fused-ring (bicyclic) bond motifs is 1. The molecule has 1 aliphatic carbocycles. The predicted octanol–water partition coefficient (Wildman–Crippen LogP) is 2.65. The minimum Gasteiger partial charge on any atom is -0.387 e. The molecule has 0 bridgehead atoms. The molecule has 2 unspecified atom stereocenters. The van der Waals surface area contributed by atoms with E-state index in [1.165, 1.54) is 29.7 Å². The Balaban J connectivity index is 2.10. The molecule has 1 heterocycles. The lowest BCUT2D eigenvalue weighted by Gasteiger charge is -2.19. The molecule has 0 aliphatic heterocycles. The van der Waals surface area contributed by atoms with Crippen molar-refractivity contribution in [2.75, 3.05) is 6.54 Å². The van der Waals surface area contributed by atoms with Crippen LogP contribution in [0.25, 0.3) is 0 Å². The minimum absolute atomic E-state index is 0.226. The lowest BCUT2D eigenvalue weighted by molar-refractivity contribution is 0.110. The van der Waals surface area contributed by atoms with Crippen LogP contribution in [0.4, 0.5) is 0 Å². The first-order valence-corrected chi connectivity index (χ1v) is 7.07. The van der Waals surface area contributed by atoms with Crippen LogP contribution in [0.5, 0.6) is 0 Å². The van der Waals surface area contributed by atoms with Gasteiger partial charge >= 0.3 is 0 Å². The summed E-state index contributed by atoms with van der Waals surface area (Å²) in [6, 6.07) is 2.20. The van der Waals surface area contributed by atoms with Gasteiger partial charge in [-0.15, -0.1) is 11.3 Å². The first-order valence-electron chi connectivity index (χ1n) is 6.25. The molecule has 0 fully saturated rings. The highest BCUT2D eigenvalue weighted by atomic mass is 32.1. The van der Waals surface area contributed by atoms with Crippen molar-refractivity contribution in [1.82, 2.24) is 0 Å². The Hall–Kier alpha value is -0.380. The van der Waals surface area contributed by atoms with Crippen molar-refractivity contribution in [3.05, 3.63) is 21.4 Å². The van der Waals surface area contributed by atoms with Crippen LogP contribution >= 0.6 is 11.3 Å². The van der Waals surface area contributed by atoms with Crippen molar-refractivity contribution in [3.63, 3.8) is 0 Å². The van der Waals surface area contributed by atoms with E-state index in [0.717, 1.165) is 17.7 Å². The summed E-state index contributed by atoms with van der Waals surface area (Å²) in [5, 5.41) is 10.3. The van der Waals surface area contributed by atoms with Crippen LogP contribution in [0, 0.1) is 5.92 Å². The first-order chi connectivity index (χ1) is 7.76. The van der Waals surface area contributed by atoms with Gasteiger partial charge < -0.3 is 10.8 Å². The van der Waals surface area contributed by atoms with Gasteiger partial charge in [0.1, 0.15) is 0 Å². The quantitative estimate of drug-likeness (QED) is 0.829. The minimum atomic E-state index is -0.347. The van der Waals surface area contributed by atoms with E-state index >= 15 is 0 Å². The van der Waals surface area contributed by atoms with E-state index in [1.54, 1.807) is 11.3 Å². The van der Waals surface area contributed by atoms with E-state index < -0.39 is 0 Å². The second-order valence-corrected chi connectivity index (χ2v) is 5.85. The molecule has 0 saturated heterocycles. The van der Waals surface area contributed by atoms with Gasteiger partial charge in [-0.2, -0.15) is 0 Å². The molecule has 0 spiro atoms. The monoisotopic (exact) mass is 239 g/mol. The molecule has 2 rings (SSSR count). The van der Waals surface area contributed by atoms with E-state index in [-0.39, 0.29) is 12.0 Å². The maximum atomic E-state index is 10.3. The van der Waals surface area contributed by atoms with Crippen LogP contribution in [-0.4, -0.2) is 11.7 Å². The molecule has 2 atom stereocenters. The number of aliphatic hydroxyl groups is 1. The molecule has 0 aromatic carbocycles. The Bertz CT molecular complexity index is 326. The third kappa shape index (κ3) is 2.31. The maximum absolute atomic E-state index is 10.3. The number of thiophene rings is 1. The fourth-order valence-corrected chi connectivity index (χ4v) is 3.84. The maximum Gasteiger partial charge on any atom is 0.0922 e. The molecule has 90 valence electrons. The highest BCUT2D eigenvalue weighted by Gasteiger charge is 2.23. The molecular weight excluding hydrogens is 218 g/mol. The molecule has 0 radical (unpaired) electrons. The average Bonchev–Trinajstić information content (AvgIpc) is 2.84. The molecule has 2 nitrogen and oxygen atoms in total. The molecule has 3 heteroatoms. The number of hydrogen-bond acceptors (Lipinski definition) is 3. The fourth-order valence-electron chi connectivity index (χ4n) is 2.51. The Morgan fingerprint density at radius 1 is 1.50 bits per heavy atom. The van der Waals surface area contributed by atoms with Gasteiger partial charge in [0.15, 0.2) is 0 Å². The van der Waals surface area contributed by atoms with Crippen LogP contribution in [0.1, 0.15) is 47.6 Å². The number of rotatable bonds is 5.